The molecule has 0 saturated carbocycles. The van der Waals surface area contributed by atoms with E-state index < -0.39 is 86.6 Å². The maximum atomic E-state index is 12.3. The molecular formula is C86H82Cl4O32. The fourth-order valence-electron chi connectivity index (χ4n) is 9.02. The molecule has 0 fully saturated rings. The number of hydrogen-bond donors (Lipinski definition) is 4. The second-order valence-electron chi connectivity index (χ2n) is 24.1. The number of ketones is 1. The second kappa shape index (κ2) is 57.4. The highest BCUT2D eigenvalue weighted by Gasteiger charge is 2.19. The van der Waals surface area contributed by atoms with Crippen molar-refractivity contribution < 1.29 is 154 Å². The average molecular weight is 1770 g/mol. The van der Waals surface area contributed by atoms with Crippen molar-refractivity contribution in [3.05, 3.63) is 283 Å². The lowest BCUT2D eigenvalue weighted by atomic mass is 10.1. The van der Waals surface area contributed by atoms with Crippen LogP contribution in [0.15, 0.2) is 194 Å². The molecule has 4 N–H and O–H groups in total. The zero-order chi connectivity index (χ0) is 89.7. The van der Waals surface area contributed by atoms with Crippen molar-refractivity contribution in [2.75, 3.05) is 113 Å². The van der Waals surface area contributed by atoms with Crippen LogP contribution >= 0.6 is 46.4 Å². The Morgan fingerprint density at radius 1 is 0.197 bits per heavy atom. The normalized spacial score (nSPS) is 10.1. The highest BCUT2D eigenvalue weighted by atomic mass is 35.5. The SMILES string of the molecule is COCCCCOC(=O)c1ccc(C(=O)OCCOC(=O)c2ccc(C(=O)OCCOC(=O)c3ccc(C(C)=O)cc3)cc2)cc1.O=C(Cl)c1ccc(C(=O)Cl)cc1.O=C(Cl)c1ccc(C(=O)OCCOC(=O)c2ccc(C(=O)OCCOC(=O)c3ccc(C(=O)Cl)cc3)cc2)cc1.O=C(OCCO)c1ccc(C(=O)OCCO)cc1.OCCCCO. The van der Waals surface area contributed by atoms with E-state index in [1.165, 1.54) is 201 Å². The number of unbranched alkanes of at least 4 members (excludes halogenated alkanes) is 2. The van der Waals surface area contributed by atoms with Crippen LogP contribution in [-0.4, -0.2) is 226 Å². The molecule has 0 amide bonds. The summed E-state index contributed by atoms with van der Waals surface area (Å²) in [5, 5.41) is 30.8. The van der Waals surface area contributed by atoms with E-state index in [0.717, 1.165) is 19.3 Å². The summed E-state index contributed by atoms with van der Waals surface area (Å²) in [5.74, 6) is -7.14. The Morgan fingerprint density at radius 3 is 0.475 bits per heavy atom. The first-order valence-electron chi connectivity index (χ1n) is 36.5. The number of methoxy groups -OCH3 is 1. The summed E-state index contributed by atoms with van der Waals surface area (Å²) in [6.45, 7) is 0.460. The molecule has 36 heteroatoms. The number of hydrogen-bond acceptors (Lipinski definition) is 32. The molecular weight excluding hydrogens is 1690 g/mol. The van der Waals surface area contributed by atoms with Crippen molar-refractivity contribution in [2.24, 2.45) is 0 Å². The summed E-state index contributed by atoms with van der Waals surface area (Å²) in [6.07, 6.45) is 2.89. The van der Waals surface area contributed by atoms with Crippen LogP contribution in [-0.2, 0) is 56.8 Å². The van der Waals surface area contributed by atoms with Crippen molar-refractivity contribution in [2.45, 2.75) is 32.6 Å². The van der Waals surface area contributed by atoms with Gasteiger partial charge in [-0.1, -0.05) is 12.1 Å². The summed E-state index contributed by atoms with van der Waals surface area (Å²) in [7, 11) is 1.60. The maximum Gasteiger partial charge on any atom is 0.338 e. The minimum atomic E-state index is -0.698. The summed E-state index contributed by atoms with van der Waals surface area (Å²) in [6, 6.07) is 45.3. The zero-order valence-electron chi connectivity index (χ0n) is 65.3. The van der Waals surface area contributed by atoms with Gasteiger partial charge in [-0.25, -0.2) is 52.7 Å². The van der Waals surface area contributed by atoms with E-state index in [-0.39, 0.29) is 172 Å². The molecule has 0 atom stereocenters. The molecule has 0 radical (unpaired) electrons. The molecule has 8 aromatic rings. The minimum absolute atomic E-state index is 0.0703. The number of Topliss-reactive ketones (excluding diaryl/α,β-unsaturated/α-hetero) is 1. The van der Waals surface area contributed by atoms with Gasteiger partial charge in [0.25, 0.3) is 21.0 Å². The molecule has 0 bridgehead atoms. The van der Waals surface area contributed by atoms with Crippen molar-refractivity contribution in [3.8, 4) is 0 Å². The molecule has 0 aromatic heterocycles. The van der Waals surface area contributed by atoms with E-state index in [9.17, 15) is 76.7 Å². The summed E-state index contributed by atoms with van der Waals surface area (Å²) >= 11 is 21.1. The highest BCUT2D eigenvalue weighted by molar-refractivity contribution is 6.69. The molecule has 0 unspecified atom stereocenters. The molecule has 0 aliphatic heterocycles. The molecule has 0 aliphatic rings. The lowest BCUT2D eigenvalue weighted by Crippen LogP contribution is -2.15. The fourth-order valence-corrected chi connectivity index (χ4v) is 9.53. The van der Waals surface area contributed by atoms with Gasteiger partial charge < -0.3 is 77.3 Å². The third-order valence-corrected chi connectivity index (χ3v) is 16.2. The van der Waals surface area contributed by atoms with Gasteiger partial charge in [0.15, 0.2) is 5.78 Å². The monoisotopic (exact) mass is 1770 g/mol. The maximum absolute atomic E-state index is 12.3. The van der Waals surface area contributed by atoms with E-state index in [4.69, 9.17) is 124 Å². The first-order chi connectivity index (χ1) is 58.5. The smallest absolute Gasteiger partial charge is 0.338 e. The summed E-state index contributed by atoms with van der Waals surface area (Å²) in [4.78, 5) is 187. The van der Waals surface area contributed by atoms with Crippen LogP contribution in [0.4, 0.5) is 0 Å². The Hall–Kier alpha value is -12.8. The Balaban J connectivity index is 0.000000367. The number of benzene rings is 8. The highest BCUT2D eigenvalue weighted by Crippen LogP contribution is 2.17. The van der Waals surface area contributed by atoms with Crippen LogP contribution in [0, 0.1) is 0 Å². The van der Waals surface area contributed by atoms with Crippen LogP contribution in [0.1, 0.15) is 198 Å². The second-order valence-corrected chi connectivity index (χ2v) is 25.4. The van der Waals surface area contributed by atoms with Gasteiger partial charge in [-0.05, 0) is 261 Å². The average Bonchev–Trinajstić information content (AvgIpc) is 0.869. The largest absolute Gasteiger partial charge is 0.462 e. The quantitative estimate of drug-likeness (QED) is 0.00911. The van der Waals surface area contributed by atoms with Crippen LogP contribution in [0.2, 0.25) is 0 Å². The topological polar surface area (TPSA) is 465 Å². The number of halogens is 4. The van der Waals surface area contributed by atoms with E-state index in [0.29, 0.717) is 35.3 Å². The fraction of sp³-hybridized carbons (Fsp3) is 0.256. The molecule has 122 heavy (non-hydrogen) atoms. The van der Waals surface area contributed by atoms with Gasteiger partial charge >= 0.3 is 65.7 Å². The summed E-state index contributed by atoms with van der Waals surface area (Å²) in [5.41, 5.74) is 3.99. The number of rotatable bonds is 40. The standard InChI is InChI=1S/C34H34O12.C28H20Cl2O10.C12H14O6.C8H4Cl2O2.C4H10O2/c1-23(35)24-5-7-25(8-6-24)31(37)43-19-20-44-33(39)28-13-15-29(16-14-28)34(40)46-22-21-45-32(38)27-11-9-26(10-12-27)30(36)42-18-4-3-17-41-2;29-23(31)17-1-5-19(6-2-17)25(33)37-13-15-39-27(35)21-9-11-22(12-10-21)28(36)40-16-14-38-26(34)20-7-3-18(4-8-20)24(30)32;13-5-7-17-11(15)9-1-2-10(4-3-9)12(16)18-8-6-14;9-7(11)5-1-2-6(4-3-5)8(10)12;5-3-1-2-4-6/h5-16H,3-4,17-22H2,1-2H3;1-12H,13-16H2;1-4,13-14H,5-8H2;1-4H;5-6H,1-4H2. The van der Waals surface area contributed by atoms with E-state index in [2.05, 4.69) is 0 Å². The number of esters is 11. The molecule has 32 nitrogen and oxygen atoms in total. The third-order valence-electron chi connectivity index (χ3n) is 15.4. The molecule has 646 valence electrons. The minimum Gasteiger partial charge on any atom is -0.462 e. The third kappa shape index (κ3) is 38.5. The first-order valence-corrected chi connectivity index (χ1v) is 38.0. The van der Waals surface area contributed by atoms with Crippen LogP contribution in [0.5, 0.6) is 0 Å². The lowest BCUT2D eigenvalue weighted by molar-refractivity contribution is 0.0263. The van der Waals surface area contributed by atoms with E-state index in [1.807, 2.05) is 0 Å². The van der Waals surface area contributed by atoms with Gasteiger partial charge in [0.1, 0.15) is 66.1 Å². The van der Waals surface area contributed by atoms with Gasteiger partial charge in [-0.2, -0.15) is 0 Å². The Labute approximate surface area is 717 Å². The predicted octanol–water partition coefficient (Wildman–Crippen LogP) is 11.2. The summed E-state index contributed by atoms with van der Waals surface area (Å²) < 4.78 is 60.1. The zero-order valence-corrected chi connectivity index (χ0v) is 68.4. The molecule has 0 heterocycles. The van der Waals surface area contributed by atoms with E-state index in [1.54, 1.807) is 7.11 Å². The Bertz CT molecular complexity index is 4590. The number of carbonyl (C=O) groups excluding carboxylic acids is 16. The van der Waals surface area contributed by atoms with Gasteiger partial charge in [-0.3, -0.25) is 24.0 Å². The van der Waals surface area contributed by atoms with Gasteiger partial charge in [0, 0.05) is 54.7 Å². The Morgan fingerprint density at radius 2 is 0.336 bits per heavy atom. The van der Waals surface area contributed by atoms with Gasteiger partial charge in [-0.15, -0.1) is 0 Å². The van der Waals surface area contributed by atoms with Crippen LogP contribution < -0.4 is 0 Å². The Kier molecular flexibility index (Phi) is 47.8. The van der Waals surface area contributed by atoms with Crippen molar-refractivity contribution >= 4 is 139 Å². The molecule has 0 saturated heterocycles. The van der Waals surface area contributed by atoms with Crippen molar-refractivity contribution in [1.29, 1.82) is 0 Å². The van der Waals surface area contributed by atoms with Gasteiger partial charge in [0.05, 0.1) is 81.0 Å². The van der Waals surface area contributed by atoms with Crippen LogP contribution in [0.25, 0.3) is 0 Å². The van der Waals surface area contributed by atoms with Gasteiger partial charge in [0.2, 0.25) is 0 Å². The van der Waals surface area contributed by atoms with Crippen LogP contribution in [0.3, 0.4) is 0 Å². The number of ether oxygens (including phenoxy) is 12. The molecule has 8 aromatic carbocycles. The molecule has 0 spiro atoms. The number of aliphatic hydroxyl groups is 4. The molecule has 8 rings (SSSR count). The number of aliphatic hydroxyl groups excluding tert-OH is 4. The lowest BCUT2D eigenvalue weighted by Gasteiger charge is -2.08. The van der Waals surface area contributed by atoms with E-state index >= 15 is 0 Å². The first kappa shape index (κ1) is 102. The predicted molar refractivity (Wildman–Crippen MR) is 434 cm³/mol. The number of carbonyl (C=O) groups is 16. The molecule has 0 aliphatic carbocycles. The van der Waals surface area contributed by atoms with Crippen molar-refractivity contribution in [3.63, 3.8) is 0 Å². The van der Waals surface area contributed by atoms with Crippen molar-refractivity contribution in [1.82, 2.24) is 0 Å².